The van der Waals surface area contributed by atoms with Crippen LogP contribution in [0.15, 0.2) is 54.7 Å². The molecular weight excluding hydrogens is 302 g/mol. The van der Waals surface area contributed by atoms with Crippen molar-refractivity contribution < 1.29 is 0 Å². The highest BCUT2D eigenvalue weighted by Crippen LogP contribution is 2.35. The molecule has 3 rings (SSSR count). The van der Waals surface area contributed by atoms with E-state index >= 15 is 0 Å². The summed E-state index contributed by atoms with van der Waals surface area (Å²) in [6, 6.07) is 17.9. The van der Waals surface area contributed by atoms with E-state index in [0.29, 0.717) is 0 Å². The number of nitrogens with zero attached hydrogens (tertiary/aromatic N) is 1. The summed E-state index contributed by atoms with van der Waals surface area (Å²) in [7, 11) is 0. The molecule has 0 bridgehead atoms. The number of para-hydroxylation sites is 1. The van der Waals surface area contributed by atoms with E-state index in [1.165, 1.54) is 40.6 Å². The van der Waals surface area contributed by atoms with Gasteiger partial charge in [-0.05, 0) is 53.0 Å². The summed E-state index contributed by atoms with van der Waals surface area (Å²) in [4.78, 5) is 0. The van der Waals surface area contributed by atoms with Gasteiger partial charge in [-0.1, -0.05) is 71.9 Å². The van der Waals surface area contributed by atoms with Crippen LogP contribution in [0.1, 0.15) is 65.5 Å². The average molecular weight is 334 g/mol. The van der Waals surface area contributed by atoms with Gasteiger partial charge in [0.25, 0.3) is 0 Å². The van der Waals surface area contributed by atoms with Gasteiger partial charge in [-0.25, -0.2) is 0 Å². The first-order valence-electron chi connectivity index (χ1n) is 9.51. The summed E-state index contributed by atoms with van der Waals surface area (Å²) < 4.78 is 2.34. The Kier molecular flexibility index (Phi) is 4.53. The first kappa shape index (κ1) is 17.8. The molecule has 25 heavy (non-hydrogen) atoms. The SMILES string of the molecule is CCC(C)(CC)c1ccc(-n2cc(C(C)(C)C)c3ccccc32)cc1. The molecule has 2 aromatic carbocycles. The van der Waals surface area contributed by atoms with Gasteiger partial charge in [0.2, 0.25) is 0 Å². The molecule has 0 fully saturated rings. The van der Waals surface area contributed by atoms with Crippen molar-refractivity contribution in [1.29, 1.82) is 0 Å². The van der Waals surface area contributed by atoms with Crippen LogP contribution in [0, 0.1) is 0 Å². The topological polar surface area (TPSA) is 4.93 Å². The first-order chi connectivity index (χ1) is 11.8. The molecule has 0 saturated heterocycles. The van der Waals surface area contributed by atoms with E-state index in [1.807, 2.05) is 0 Å². The molecule has 0 unspecified atom stereocenters. The number of rotatable bonds is 4. The van der Waals surface area contributed by atoms with E-state index in [0.717, 1.165) is 0 Å². The molecule has 0 saturated carbocycles. The van der Waals surface area contributed by atoms with Gasteiger partial charge in [-0.2, -0.15) is 0 Å². The van der Waals surface area contributed by atoms with Gasteiger partial charge in [-0.15, -0.1) is 0 Å². The maximum absolute atomic E-state index is 2.37. The summed E-state index contributed by atoms with van der Waals surface area (Å²) in [5.41, 5.74) is 5.77. The lowest BCUT2D eigenvalue weighted by atomic mass is 9.78. The summed E-state index contributed by atoms with van der Waals surface area (Å²) in [5, 5.41) is 1.35. The molecule has 0 radical (unpaired) electrons. The van der Waals surface area contributed by atoms with Gasteiger partial charge in [-0.3, -0.25) is 0 Å². The lowest BCUT2D eigenvalue weighted by Crippen LogP contribution is -2.19. The monoisotopic (exact) mass is 333 g/mol. The predicted octanol–water partition coefficient (Wildman–Crippen LogP) is 7.01. The maximum Gasteiger partial charge on any atom is 0.0531 e. The molecular formula is C24H31N. The van der Waals surface area contributed by atoms with Crippen LogP contribution in [-0.2, 0) is 10.8 Å². The molecule has 132 valence electrons. The van der Waals surface area contributed by atoms with Gasteiger partial charge in [0, 0.05) is 17.3 Å². The molecule has 1 heteroatoms. The minimum Gasteiger partial charge on any atom is -0.316 e. The third-order valence-electron chi connectivity index (χ3n) is 5.92. The van der Waals surface area contributed by atoms with Crippen molar-refractivity contribution in [2.24, 2.45) is 0 Å². The second-order valence-electron chi connectivity index (χ2n) is 8.49. The number of hydrogen-bond acceptors (Lipinski definition) is 0. The van der Waals surface area contributed by atoms with Crippen LogP contribution >= 0.6 is 0 Å². The molecule has 0 atom stereocenters. The summed E-state index contributed by atoms with van der Waals surface area (Å²) in [6.45, 7) is 13.8. The second kappa shape index (κ2) is 6.37. The predicted molar refractivity (Wildman–Crippen MR) is 110 cm³/mol. The Hall–Kier alpha value is -2.02. The Morgan fingerprint density at radius 3 is 1.96 bits per heavy atom. The fraction of sp³-hybridized carbons (Fsp3) is 0.417. The standard InChI is InChI=1S/C24H31N/c1-7-24(6,8-2)18-13-15-19(16-14-18)25-17-21(23(3,4)5)20-11-9-10-12-22(20)25/h9-17H,7-8H2,1-6H3. The number of fused-ring (bicyclic) bond motifs is 1. The van der Waals surface area contributed by atoms with E-state index < -0.39 is 0 Å². The van der Waals surface area contributed by atoms with Crippen LogP contribution in [0.3, 0.4) is 0 Å². The zero-order valence-electron chi connectivity index (χ0n) is 16.6. The second-order valence-corrected chi connectivity index (χ2v) is 8.49. The molecule has 0 amide bonds. The van der Waals surface area contributed by atoms with E-state index in [1.54, 1.807) is 0 Å². The number of benzene rings is 2. The van der Waals surface area contributed by atoms with Crippen molar-refractivity contribution in [3.05, 3.63) is 65.9 Å². The molecule has 1 nitrogen and oxygen atoms in total. The van der Waals surface area contributed by atoms with Crippen LogP contribution in [0.4, 0.5) is 0 Å². The van der Waals surface area contributed by atoms with Gasteiger partial charge < -0.3 is 4.57 Å². The van der Waals surface area contributed by atoms with Crippen LogP contribution in [0.5, 0.6) is 0 Å². The minimum absolute atomic E-state index is 0.133. The van der Waals surface area contributed by atoms with Gasteiger partial charge >= 0.3 is 0 Å². The highest BCUT2D eigenvalue weighted by Gasteiger charge is 2.23. The van der Waals surface area contributed by atoms with Crippen molar-refractivity contribution in [3.63, 3.8) is 0 Å². The van der Waals surface area contributed by atoms with Crippen LogP contribution in [0.25, 0.3) is 16.6 Å². The van der Waals surface area contributed by atoms with Gasteiger partial charge in [0.1, 0.15) is 0 Å². The van der Waals surface area contributed by atoms with Crippen LogP contribution in [0.2, 0.25) is 0 Å². The molecule has 0 aliphatic rings. The zero-order chi connectivity index (χ0) is 18.2. The van der Waals surface area contributed by atoms with Crippen molar-refractivity contribution in [3.8, 4) is 5.69 Å². The van der Waals surface area contributed by atoms with Gasteiger partial charge in [0.05, 0.1) is 5.52 Å². The fourth-order valence-electron chi connectivity index (χ4n) is 3.67. The Morgan fingerprint density at radius 1 is 0.800 bits per heavy atom. The lowest BCUT2D eigenvalue weighted by molar-refractivity contribution is 0.439. The summed E-state index contributed by atoms with van der Waals surface area (Å²) >= 11 is 0. The van der Waals surface area contributed by atoms with Crippen LogP contribution < -0.4 is 0 Å². The largest absolute Gasteiger partial charge is 0.316 e. The number of hydrogen-bond donors (Lipinski definition) is 0. The smallest absolute Gasteiger partial charge is 0.0531 e. The summed E-state index contributed by atoms with van der Waals surface area (Å²) in [6.07, 6.45) is 4.66. The van der Waals surface area contributed by atoms with Gasteiger partial charge in [0.15, 0.2) is 0 Å². The molecule has 1 aromatic heterocycles. The number of aromatic nitrogens is 1. The normalized spacial score (nSPS) is 12.7. The maximum atomic E-state index is 2.37. The molecule has 1 heterocycles. The summed E-state index contributed by atoms with van der Waals surface area (Å²) in [5.74, 6) is 0. The van der Waals surface area contributed by atoms with Crippen LogP contribution in [-0.4, -0.2) is 4.57 Å². The Bertz CT molecular complexity index is 855. The molecule has 0 spiro atoms. The fourth-order valence-corrected chi connectivity index (χ4v) is 3.67. The molecule has 3 aromatic rings. The van der Waals surface area contributed by atoms with E-state index in [4.69, 9.17) is 0 Å². The molecule has 0 aliphatic carbocycles. The van der Waals surface area contributed by atoms with Crippen molar-refractivity contribution >= 4 is 10.9 Å². The third kappa shape index (κ3) is 3.13. The third-order valence-corrected chi connectivity index (χ3v) is 5.92. The highest BCUT2D eigenvalue weighted by molar-refractivity contribution is 5.86. The zero-order valence-corrected chi connectivity index (χ0v) is 16.6. The van der Waals surface area contributed by atoms with Crippen molar-refractivity contribution in [2.45, 2.75) is 65.2 Å². The average Bonchev–Trinajstić information content (AvgIpc) is 3.01. The minimum atomic E-state index is 0.133. The van der Waals surface area contributed by atoms with E-state index in [2.05, 4.69) is 101 Å². The highest BCUT2D eigenvalue weighted by atomic mass is 15.0. The Labute approximate surface area is 152 Å². The van der Waals surface area contributed by atoms with Crippen molar-refractivity contribution in [1.82, 2.24) is 4.57 Å². The Morgan fingerprint density at radius 2 is 1.40 bits per heavy atom. The molecule has 0 aliphatic heterocycles. The lowest BCUT2D eigenvalue weighted by Gasteiger charge is -2.27. The first-order valence-corrected chi connectivity index (χ1v) is 9.51. The molecule has 0 N–H and O–H groups in total. The quantitative estimate of drug-likeness (QED) is 0.484. The van der Waals surface area contributed by atoms with Crippen molar-refractivity contribution in [2.75, 3.05) is 0 Å². The van der Waals surface area contributed by atoms with E-state index in [-0.39, 0.29) is 10.8 Å². The Balaban J connectivity index is 2.12. The van der Waals surface area contributed by atoms with E-state index in [9.17, 15) is 0 Å².